The van der Waals surface area contributed by atoms with E-state index in [2.05, 4.69) is 17.1 Å². The normalized spacial score (nSPS) is 18.1. The van der Waals surface area contributed by atoms with Crippen molar-refractivity contribution in [1.82, 2.24) is 10.2 Å². The monoisotopic (exact) mass is 276 g/mol. The van der Waals surface area contributed by atoms with Crippen LogP contribution in [0.1, 0.15) is 38.2 Å². The molecule has 0 radical (unpaired) electrons. The van der Waals surface area contributed by atoms with Crippen molar-refractivity contribution >= 4 is 0 Å². The van der Waals surface area contributed by atoms with E-state index in [1.807, 2.05) is 12.1 Å². The lowest BCUT2D eigenvalue weighted by atomic mass is 10.1. The minimum absolute atomic E-state index is 0.349. The maximum atomic E-state index is 9.26. The van der Waals surface area contributed by atoms with Gasteiger partial charge >= 0.3 is 0 Å². The third-order valence-electron chi connectivity index (χ3n) is 4.17. The molecule has 0 bridgehead atoms. The summed E-state index contributed by atoms with van der Waals surface area (Å²) in [5.41, 5.74) is 1.30. The van der Waals surface area contributed by atoms with Crippen molar-refractivity contribution in [2.24, 2.45) is 0 Å². The van der Waals surface area contributed by atoms with Gasteiger partial charge in [-0.1, -0.05) is 18.6 Å². The first-order chi connectivity index (χ1) is 9.74. The van der Waals surface area contributed by atoms with E-state index in [1.54, 1.807) is 12.1 Å². The van der Waals surface area contributed by atoms with Crippen molar-refractivity contribution < 1.29 is 5.11 Å². The second-order valence-corrected chi connectivity index (χ2v) is 5.96. The van der Waals surface area contributed by atoms with Crippen molar-refractivity contribution in [3.05, 3.63) is 29.8 Å². The summed E-state index contributed by atoms with van der Waals surface area (Å²) >= 11 is 0. The molecule has 112 valence electrons. The Hall–Kier alpha value is -1.06. The maximum Gasteiger partial charge on any atom is 0.115 e. The van der Waals surface area contributed by atoms with Crippen LogP contribution < -0.4 is 5.32 Å². The van der Waals surface area contributed by atoms with E-state index in [-0.39, 0.29) is 0 Å². The van der Waals surface area contributed by atoms with Gasteiger partial charge in [-0.2, -0.15) is 0 Å². The number of phenolic OH excluding ortho intramolecular Hbond substituents is 1. The zero-order valence-electron chi connectivity index (χ0n) is 12.6. The van der Waals surface area contributed by atoms with Gasteiger partial charge in [0, 0.05) is 19.1 Å². The van der Waals surface area contributed by atoms with Crippen molar-refractivity contribution in [1.29, 1.82) is 0 Å². The third-order valence-corrected chi connectivity index (χ3v) is 4.17. The average molecular weight is 276 g/mol. The molecular weight excluding hydrogens is 248 g/mol. The molecule has 20 heavy (non-hydrogen) atoms. The van der Waals surface area contributed by atoms with Crippen molar-refractivity contribution in [3.8, 4) is 5.75 Å². The van der Waals surface area contributed by atoms with E-state index in [9.17, 15) is 5.11 Å². The van der Waals surface area contributed by atoms with E-state index in [0.29, 0.717) is 11.8 Å². The van der Waals surface area contributed by atoms with E-state index >= 15 is 0 Å². The molecule has 3 nitrogen and oxygen atoms in total. The topological polar surface area (TPSA) is 35.5 Å². The van der Waals surface area contributed by atoms with Gasteiger partial charge in [0.05, 0.1) is 0 Å². The summed E-state index contributed by atoms with van der Waals surface area (Å²) in [6, 6.07) is 8.10. The number of benzene rings is 1. The number of phenols is 1. The second-order valence-electron chi connectivity index (χ2n) is 5.96. The molecular formula is C17H28N2O. The Morgan fingerprint density at radius 3 is 2.55 bits per heavy atom. The molecule has 1 fully saturated rings. The van der Waals surface area contributed by atoms with Gasteiger partial charge in [0.2, 0.25) is 0 Å². The van der Waals surface area contributed by atoms with Crippen molar-refractivity contribution in [2.45, 2.75) is 45.1 Å². The smallest absolute Gasteiger partial charge is 0.115 e. The fourth-order valence-corrected chi connectivity index (χ4v) is 2.80. The summed E-state index contributed by atoms with van der Waals surface area (Å²) in [4.78, 5) is 2.57. The summed E-state index contributed by atoms with van der Waals surface area (Å²) in [5, 5.41) is 12.9. The number of hydrogen-bond donors (Lipinski definition) is 2. The standard InChI is InChI=1S/C17H28N2O/c1-15(5-6-16-7-9-17(20)10-8-16)18-11-14-19-12-3-2-4-13-19/h7-10,15,18,20H,2-6,11-14H2,1H3. The van der Waals surface area contributed by atoms with Gasteiger partial charge in [-0.3, -0.25) is 0 Å². The molecule has 1 aromatic rings. The van der Waals surface area contributed by atoms with Gasteiger partial charge in [-0.15, -0.1) is 0 Å². The fraction of sp³-hybridized carbons (Fsp3) is 0.647. The van der Waals surface area contributed by atoms with Crippen molar-refractivity contribution in [3.63, 3.8) is 0 Å². The van der Waals surface area contributed by atoms with Crippen LogP contribution in [-0.2, 0) is 6.42 Å². The quantitative estimate of drug-likeness (QED) is 0.804. The van der Waals surface area contributed by atoms with E-state index in [4.69, 9.17) is 0 Å². The van der Waals surface area contributed by atoms with Crippen LogP contribution in [0.4, 0.5) is 0 Å². The van der Waals surface area contributed by atoms with Crippen LogP contribution in [0.2, 0.25) is 0 Å². The molecule has 2 N–H and O–H groups in total. The molecule has 1 atom stereocenters. The number of rotatable bonds is 7. The van der Waals surface area contributed by atoms with Gasteiger partial charge in [0.25, 0.3) is 0 Å². The number of piperidine rings is 1. The van der Waals surface area contributed by atoms with Crippen LogP contribution in [0.25, 0.3) is 0 Å². The SMILES string of the molecule is CC(CCc1ccc(O)cc1)NCCN1CCCCC1. The molecule has 3 heteroatoms. The Morgan fingerprint density at radius 1 is 1.15 bits per heavy atom. The molecule has 1 aliphatic rings. The predicted molar refractivity (Wildman–Crippen MR) is 84.2 cm³/mol. The molecule has 0 aromatic heterocycles. The lowest BCUT2D eigenvalue weighted by Gasteiger charge is -2.27. The zero-order valence-corrected chi connectivity index (χ0v) is 12.6. The highest BCUT2D eigenvalue weighted by molar-refractivity contribution is 5.25. The molecule has 1 heterocycles. The molecule has 1 unspecified atom stereocenters. The molecule has 0 saturated carbocycles. The Kier molecular flexibility index (Phi) is 6.34. The van der Waals surface area contributed by atoms with Gasteiger partial charge in [0.15, 0.2) is 0 Å². The highest BCUT2D eigenvalue weighted by atomic mass is 16.3. The number of nitrogens with one attached hydrogen (secondary N) is 1. The van der Waals surface area contributed by atoms with Crippen LogP contribution in [0.15, 0.2) is 24.3 Å². The number of aryl methyl sites for hydroxylation is 1. The Morgan fingerprint density at radius 2 is 1.85 bits per heavy atom. The van der Waals surface area contributed by atoms with Gasteiger partial charge < -0.3 is 15.3 Å². The van der Waals surface area contributed by atoms with Crippen molar-refractivity contribution in [2.75, 3.05) is 26.2 Å². The first-order valence-electron chi connectivity index (χ1n) is 7.98. The summed E-state index contributed by atoms with van der Waals surface area (Å²) in [6.07, 6.45) is 6.36. The number of likely N-dealkylation sites (tertiary alicyclic amines) is 1. The first-order valence-corrected chi connectivity index (χ1v) is 7.98. The number of hydrogen-bond acceptors (Lipinski definition) is 3. The van der Waals surface area contributed by atoms with E-state index < -0.39 is 0 Å². The lowest BCUT2D eigenvalue weighted by molar-refractivity contribution is 0.226. The maximum absolute atomic E-state index is 9.26. The molecule has 1 aromatic carbocycles. The third kappa shape index (κ3) is 5.51. The summed E-state index contributed by atoms with van der Waals surface area (Å²) in [5.74, 6) is 0.349. The Bertz CT molecular complexity index is 371. The average Bonchev–Trinajstić information content (AvgIpc) is 2.48. The highest BCUT2D eigenvalue weighted by Crippen LogP contribution is 2.12. The van der Waals surface area contributed by atoms with Gasteiger partial charge in [0.1, 0.15) is 5.75 Å². The van der Waals surface area contributed by atoms with Gasteiger partial charge in [-0.25, -0.2) is 0 Å². The zero-order chi connectivity index (χ0) is 14.2. The molecule has 2 rings (SSSR count). The molecule has 1 aliphatic heterocycles. The molecule has 1 saturated heterocycles. The minimum Gasteiger partial charge on any atom is -0.508 e. The number of aromatic hydroxyl groups is 1. The van der Waals surface area contributed by atoms with Crippen LogP contribution in [0.5, 0.6) is 5.75 Å². The lowest BCUT2D eigenvalue weighted by Crippen LogP contribution is -2.38. The highest BCUT2D eigenvalue weighted by Gasteiger charge is 2.09. The molecule has 0 aliphatic carbocycles. The van der Waals surface area contributed by atoms with Crippen LogP contribution >= 0.6 is 0 Å². The minimum atomic E-state index is 0.349. The van der Waals surface area contributed by atoms with E-state index in [1.165, 1.54) is 44.5 Å². The van der Waals surface area contributed by atoms with Crippen LogP contribution in [0, 0.1) is 0 Å². The van der Waals surface area contributed by atoms with E-state index in [0.717, 1.165) is 19.4 Å². The summed E-state index contributed by atoms with van der Waals surface area (Å²) < 4.78 is 0. The van der Waals surface area contributed by atoms with Gasteiger partial charge in [-0.05, 0) is 63.4 Å². The second kappa shape index (κ2) is 8.28. The Labute approximate surface area is 123 Å². The summed E-state index contributed by atoms with van der Waals surface area (Å²) in [6.45, 7) is 7.10. The summed E-state index contributed by atoms with van der Waals surface area (Å²) in [7, 11) is 0. The molecule has 0 amide bonds. The Balaban J connectivity index is 1.57. The largest absolute Gasteiger partial charge is 0.508 e. The first kappa shape index (κ1) is 15.3. The number of nitrogens with zero attached hydrogens (tertiary/aromatic N) is 1. The van der Waals surface area contributed by atoms with Crippen LogP contribution in [-0.4, -0.2) is 42.2 Å². The van der Waals surface area contributed by atoms with Crippen LogP contribution in [0.3, 0.4) is 0 Å². The fourth-order valence-electron chi connectivity index (χ4n) is 2.80. The predicted octanol–water partition coefficient (Wildman–Crippen LogP) is 2.79. The molecule has 0 spiro atoms.